The van der Waals surface area contributed by atoms with Crippen LogP contribution in [-0.4, -0.2) is 0 Å². The highest BCUT2D eigenvalue weighted by atomic mass is 14.3. The van der Waals surface area contributed by atoms with E-state index in [2.05, 4.69) is 160 Å². The van der Waals surface area contributed by atoms with E-state index in [0.717, 1.165) is 0 Å². The van der Waals surface area contributed by atoms with Gasteiger partial charge in [0.2, 0.25) is 0 Å². The molecule has 0 aliphatic carbocycles. The van der Waals surface area contributed by atoms with Gasteiger partial charge in [0.1, 0.15) is 0 Å². The van der Waals surface area contributed by atoms with Crippen LogP contribution < -0.4 is 0 Å². The van der Waals surface area contributed by atoms with E-state index in [1.807, 2.05) is 0 Å². The monoisotopic (exact) mass is 512 g/mol. The van der Waals surface area contributed by atoms with Gasteiger partial charge in [-0.2, -0.15) is 0 Å². The molecule has 192 valence electrons. The lowest BCUT2D eigenvalue weighted by Gasteiger charge is -2.26. The van der Waals surface area contributed by atoms with Crippen LogP contribution in [0.3, 0.4) is 0 Å². The van der Waals surface area contributed by atoms with Crippen LogP contribution in [0.4, 0.5) is 0 Å². The van der Waals surface area contributed by atoms with E-state index in [0.29, 0.717) is 0 Å². The minimum Gasteiger partial charge on any atom is -0.0622 e. The van der Waals surface area contributed by atoms with E-state index in [-0.39, 0.29) is 5.41 Å². The molecule has 0 N–H and O–H groups in total. The Balaban J connectivity index is 1.49. The zero-order chi connectivity index (χ0) is 27.3. The second-order valence-electron chi connectivity index (χ2n) is 11.8. The molecular weight excluding hydrogens is 480 g/mol. The molecule has 0 aromatic heterocycles. The average Bonchev–Trinajstić information content (AvgIpc) is 2.99. The number of rotatable bonds is 3. The van der Waals surface area contributed by atoms with Crippen LogP contribution in [0, 0.1) is 0 Å². The smallest absolute Gasteiger partial charge is 0.00264 e. The maximum atomic E-state index is 2.42. The normalized spacial score (nSPS) is 11.9. The first-order valence-corrected chi connectivity index (χ1v) is 14.1. The van der Waals surface area contributed by atoms with Crippen LogP contribution in [0.5, 0.6) is 0 Å². The number of hydrogen-bond donors (Lipinski definition) is 0. The Labute approximate surface area is 236 Å². The third-order valence-electron chi connectivity index (χ3n) is 8.14. The molecule has 0 saturated carbocycles. The molecule has 0 fully saturated rings. The molecule has 0 unspecified atom stereocenters. The molecule has 40 heavy (non-hydrogen) atoms. The van der Waals surface area contributed by atoms with Crippen molar-refractivity contribution in [3.8, 4) is 33.4 Å². The first-order valence-electron chi connectivity index (χ1n) is 14.1. The van der Waals surface area contributed by atoms with E-state index in [4.69, 9.17) is 0 Å². The van der Waals surface area contributed by atoms with E-state index in [1.165, 1.54) is 71.3 Å². The maximum Gasteiger partial charge on any atom is -0.00264 e. The van der Waals surface area contributed by atoms with Gasteiger partial charge in [0.15, 0.2) is 0 Å². The number of benzene rings is 7. The topological polar surface area (TPSA) is 0 Å². The second-order valence-corrected chi connectivity index (χ2v) is 11.8. The van der Waals surface area contributed by atoms with Crippen molar-refractivity contribution in [3.63, 3.8) is 0 Å². The largest absolute Gasteiger partial charge is 0.0622 e. The molecule has 7 rings (SSSR count). The molecule has 0 aliphatic rings. The van der Waals surface area contributed by atoms with Gasteiger partial charge in [0, 0.05) is 0 Å². The number of hydrogen-bond acceptors (Lipinski definition) is 0. The molecule has 0 radical (unpaired) electrons. The van der Waals surface area contributed by atoms with Crippen molar-refractivity contribution in [1.82, 2.24) is 0 Å². The van der Waals surface area contributed by atoms with Crippen LogP contribution in [0.1, 0.15) is 26.3 Å². The van der Waals surface area contributed by atoms with Crippen molar-refractivity contribution >= 4 is 32.3 Å². The predicted molar refractivity (Wildman–Crippen MR) is 174 cm³/mol. The van der Waals surface area contributed by atoms with Gasteiger partial charge in [-0.3, -0.25) is 0 Å². The molecule has 0 spiro atoms. The van der Waals surface area contributed by atoms with Crippen molar-refractivity contribution in [2.75, 3.05) is 0 Å². The van der Waals surface area contributed by atoms with Crippen molar-refractivity contribution < 1.29 is 0 Å². The molecule has 0 aliphatic heterocycles. The lowest BCUT2D eigenvalue weighted by Crippen LogP contribution is -2.13. The summed E-state index contributed by atoms with van der Waals surface area (Å²) in [5.41, 5.74) is 8.94. The van der Waals surface area contributed by atoms with Gasteiger partial charge in [0.25, 0.3) is 0 Å². The molecule has 7 aromatic carbocycles. The SMILES string of the molecule is CC(C)(C)c1c2ccccc2c(-c2ccc3ccccc3c2)c2ccc(-c3ccc(-c4ccccc4)cc3)cc12. The van der Waals surface area contributed by atoms with Gasteiger partial charge in [-0.25, -0.2) is 0 Å². The van der Waals surface area contributed by atoms with Gasteiger partial charge in [-0.1, -0.05) is 148 Å². The van der Waals surface area contributed by atoms with Gasteiger partial charge >= 0.3 is 0 Å². The molecule has 0 atom stereocenters. The lowest BCUT2D eigenvalue weighted by molar-refractivity contribution is 0.601. The van der Waals surface area contributed by atoms with Crippen LogP contribution >= 0.6 is 0 Å². The van der Waals surface area contributed by atoms with Gasteiger partial charge in [-0.05, 0) is 88.8 Å². The third kappa shape index (κ3) is 4.17. The van der Waals surface area contributed by atoms with Crippen LogP contribution in [0.2, 0.25) is 0 Å². The molecule has 0 amide bonds. The van der Waals surface area contributed by atoms with E-state index < -0.39 is 0 Å². The molecular formula is C40H32. The van der Waals surface area contributed by atoms with E-state index in [1.54, 1.807) is 0 Å². The quantitative estimate of drug-likeness (QED) is 0.207. The molecule has 0 heterocycles. The van der Waals surface area contributed by atoms with Crippen LogP contribution in [-0.2, 0) is 5.41 Å². The summed E-state index contributed by atoms with van der Waals surface area (Å²) in [5.74, 6) is 0. The highest BCUT2D eigenvalue weighted by Gasteiger charge is 2.24. The summed E-state index contributed by atoms with van der Waals surface area (Å²) in [5, 5.41) is 7.83. The fraction of sp³-hybridized carbons (Fsp3) is 0.100. The predicted octanol–water partition coefficient (Wildman–Crippen LogP) is 11.4. The molecule has 0 nitrogen and oxygen atoms in total. The van der Waals surface area contributed by atoms with Crippen molar-refractivity contribution in [2.45, 2.75) is 26.2 Å². The Hall–Kier alpha value is -4.68. The van der Waals surface area contributed by atoms with Crippen molar-refractivity contribution in [1.29, 1.82) is 0 Å². The Kier molecular flexibility index (Phi) is 5.79. The minimum atomic E-state index is -0.0183. The van der Waals surface area contributed by atoms with Gasteiger partial charge in [0.05, 0.1) is 0 Å². The van der Waals surface area contributed by atoms with E-state index in [9.17, 15) is 0 Å². The molecule has 0 heteroatoms. The summed E-state index contributed by atoms with van der Waals surface area (Å²) in [6, 6.07) is 51.1. The molecule has 0 saturated heterocycles. The Morgan fingerprint density at radius 3 is 1.60 bits per heavy atom. The number of fused-ring (bicyclic) bond motifs is 3. The lowest BCUT2D eigenvalue weighted by atomic mass is 9.77. The van der Waals surface area contributed by atoms with Crippen molar-refractivity contribution in [3.05, 3.63) is 145 Å². The van der Waals surface area contributed by atoms with E-state index >= 15 is 0 Å². The van der Waals surface area contributed by atoms with Gasteiger partial charge < -0.3 is 0 Å². The summed E-state index contributed by atoms with van der Waals surface area (Å²) in [4.78, 5) is 0. The molecule has 7 aromatic rings. The van der Waals surface area contributed by atoms with Crippen LogP contribution in [0.15, 0.2) is 140 Å². The summed E-state index contributed by atoms with van der Waals surface area (Å²) in [6.45, 7) is 7.02. The third-order valence-corrected chi connectivity index (χ3v) is 8.14. The Morgan fingerprint density at radius 2 is 0.875 bits per heavy atom. The minimum absolute atomic E-state index is 0.0183. The zero-order valence-electron chi connectivity index (χ0n) is 23.3. The summed E-state index contributed by atoms with van der Waals surface area (Å²) in [6.07, 6.45) is 0. The second kappa shape index (κ2) is 9.50. The average molecular weight is 513 g/mol. The Bertz CT molecular complexity index is 2000. The maximum absolute atomic E-state index is 2.42. The highest BCUT2D eigenvalue weighted by Crippen LogP contribution is 2.45. The standard InChI is InChI=1S/C40H32/c1-40(2,3)39-36-16-10-9-15-34(36)38(33-22-21-28-13-7-8-14-31(28)25-33)35-24-23-32(26-37(35)39)30-19-17-29(18-20-30)27-11-5-4-6-12-27/h4-26H,1-3H3. The first-order chi connectivity index (χ1) is 19.5. The summed E-state index contributed by atoms with van der Waals surface area (Å²) >= 11 is 0. The van der Waals surface area contributed by atoms with Gasteiger partial charge in [-0.15, -0.1) is 0 Å². The highest BCUT2D eigenvalue weighted by molar-refractivity contribution is 6.16. The fourth-order valence-corrected chi connectivity index (χ4v) is 6.31. The first kappa shape index (κ1) is 24.4. The summed E-state index contributed by atoms with van der Waals surface area (Å²) in [7, 11) is 0. The summed E-state index contributed by atoms with van der Waals surface area (Å²) < 4.78 is 0. The Morgan fingerprint density at radius 1 is 0.350 bits per heavy atom. The van der Waals surface area contributed by atoms with Crippen molar-refractivity contribution in [2.24, 2.45) is 0 Å². The zero-order valence-corrected chi connectivity index (χ0v) is 23.3. The van der Waals surface area contributed by atoms with Crippen LogP contribution in [0.25, 0.3) is 65.7 Å². The fourth-order valence-electron chi connectivity index (χ4n) is 6.31. The molecule has 0 bridgehead atoms.